The highest BCUT2D eigenvalue weighted by molar-refractivity contribution is 5.64. The topological polar surface area (TPSA) is 45.6 Å². The maximum absolute atomic E-state index is 8.00. The third-order valence-corrected chi connectivity index (χ3v) is 8.40. The molecule has 0 N–H and O–H groups in total. The summed E-state index contributed by atoms with van der Waals surface area (Å²) in [5, 5.41) is 0. The third-order valence-electron chi connectivity index (χ3n) is 8.40. The Kier molecular flexibility index (Phi) is 12.0. The van der Waals surface area contributed by atoms with Crippen molar-refractivity contribution in [1.82, 2.24) is 0 Å². The summed E-state index contributed by atoms with van der Waals surface area (Å²) in [5.41, 5.74) is 9.13. The fourth-order valence-electron chi connectivity index (χ4n) is 6.34. The molecule has 0 fully saturated rings. The number of para-hydroxylation sites is 2. The van der Waals surface area contributed by atoms with Crippen LogP contribution in [-0.2, 0) is 25.7 Å². The van der Waals surface area contributed by atoms with Crippen LogP contribution in [0.1, 0.15) is 97.9 Å². The van der Waals surface area contributed by atoms with E-state index in [0.29, 0.717) is 63.5 Å². The Balaban J connectivity index is 1.83. The third kappa shape index (κ3) is 7.95. The first-order valence-corrected chi connectivity index (χ1v) is 17.3. The standard InChI is InChI=1S/C42H46N2O4/c1-7-17-45-39-29-13-11-15-31(39)22-33-25-37(43-5)27-35(41(33)47-19-9-3)24-36-28-38(44-6)26-34(42(36)48-20-10-4)23-32-16-12-14-30(21-29)40(32)46-18-8-2/h11-16,25-28H,7-10,17-24H2,1-4H3. The summed E-state index contributed by atoms with van der Waals surface area (Å²) in [7, 11) is 0. The predicted molar refractivity (Wildman–Crippen MR) is 193 cm³/mol. The van der Waals surface area contributed by atoms with Gasteiger partial charge in [0.15, 0.2) is 11.4 Å². The summed E-state index contributed by atoms with van der Waals surface area (Å²) in [6, 6.07) is 20.5. The van der Waals surface area contributed by atoms with Crippen molar-refractivity contribution >= 4 is 11.4 Å². The molecule has 0 heterocycles. The molecule has 1 aliphatic rings. The van der Waals surface area contributed by atoms with Crippen molar-refractivity contribution in [2.24, 2.45) is 0 Å². The Morgan fingerprint density at radius 1 is 0.438 bits per heavy atom. The fraction of sp³-hybridized carbons (Fsp3) is 0.381. The molecule has 48 heavy (non-hydrogen) atoms. The molecule has 248 valence electrons. The molecule has 6 nitrogen and oxygen atoms in total. The van der Waals surface area contributed by atoms with E-state index in [2.05, 4.69) is 73.8 Å². The highest BCUT2D eigenvalue weighted by Crippen LogP contribution is 2.41. The van der Waals surface area contributed by atoms with Crippen molar-refractivity contribution in [1.29, 1.82) is 0 Å². The largest absolute Gasteiger partial charge is 0.493 e. The van der Waals surface area contributed by atoms with E-state index in [0.717, 1.165) is 93.2 Å². The number of fused-ring (bicyclic) bond motifs is 8. The van der Waals surface area contributed by atoms with Gasteiger partial charge in [-0.1, -0.05) is 64.1 Å². The van der Waals surface area contributed by atoms with Gasteiger partial charge in [0.05, 0.1) is 39.6 Å². The van der Waals surface area contributed by atoms with Gasteiger partial charge in [0.2, 0.25) is 0 Å². The molecule has 0 unspecified atom stereocenters. The Labute approximate surface area is 286 Å². The number of benzene rings is 4. The number of hydrogen-bond donors (Lipinski definition) is 0. The highest BCUT2D eigenvalue weighted by atomic mass is 16.5. The van der Waals surface area contributed by atoms with E-state index in [1.165, 1.54) is 0 Å². The molecule has 0 aliphatic heterocycles. The minimum atomic E-state index is 0.462. The molecule has 4 aromatic carbocycles. The van der Waals surface area contributed by atoms with Crippen LogP contribution in [0.5, 0.6) is 23.0 Å². The van der Waals surface area contributed by atoms with Crippen molar-refractivity contribution in [3.8, 4) is 23.0 Å². The van der Waals surface area contributed by atoms with Crippen LogP contribution in [0.4, 0.5) is 11.4 Å². The van der Waals surface area contributed by atoms with Crippen LogP contribution in [0.3, 0.4) is 0 Å². The number of nitrogens with zero attached hydrogens (tertiary/aromatic N) is 2. The van der Waals surface area contributed by atoms with Gasteiger partial charge in [0.25, 0.3) is 0 Å². The first kappa shape index (κ1) is 34.4. The molecule has 0 amide bonds. The number of rotatable bonds is 12. The average Bonchev–Trinajstić information content (AvgIpc) is 3.09. The molecule has 0 radical (unpaired) electrons. The zero-order valence-electron chi connectivity index (χ0n) is 28.8. The van der Waals surface area contributed by atoms with Crippen molar-refractivity contribution in [3.63, 3.8) is 0 Å². The first-order valence-electron chi connectivity index (χ1n) is 17.3. The Bertz CT molecular complexity index is 1680. The SMILES string of the molecule is [C-]#[N+]c1cc2c(OCCC)c(c1)Cc1cc([N+]#[C-])cc(c1OCCC)Cc1cccc(c1OCCC)Cc1cccc(c1OCCC)C2. The molecule has 0 aromatic heterocycles. The van der Waals surface area contributed by atoms with Crippen LogP contribution in [0.2, 0.25) is 0 Å². The van der Waals surface area contributed by atoms with Crippen LogP contribution in [0.25, 0.3) is 9.69 Å². The minimum absolute atomic E-state index is 0.462. The Morgan fingerprint density at radius 2 is 0.688 bits per heavy atom. The Hall–Kier alpha value is -4.94. The molecule has 5 rings (SSSR count). The first-order chi connectivity index (χ1) is 23.5. The second kappa shape index (κ2) is 16.8. The van der Waals surface area contributed by atoms with E-state index < -0.39 is 0 Å². The maximum Gasteiger partial charge on any atom is 0.188 e. The summed E-state index contributed by atoms with van der Waals surface area (Å²) >= 11 is 0. The van der Waals surface area contributed by atoms with Gasteiger partial charge in [-0.05, 0) is 94.5 Å². The number of ether oxygens (including phenoxy) is 4. The van der Waals surface area contributed by atoms with E-state index in [1.54, 1.807) is 0 Å². The van der Waals surface area contributed by atoms with Crippen molar-refractivity contribution in [2.45, 2.75) is 79.1 Å². The van der Waals surface area contributed by atoms with Crippen LogP contribution in [0.15, 0.2) is 60.7 Å². The van der Waals surface area contributed by atoms with Gasteiger partial charge in [-0.3, -0.25) is 0 Å². The summed E-state index contributed by atoms with van der Waals surface area (Å²) in [4.78, 5) is 7.77. The molecule has 0 saturated heterocycles. The molecule has 0 atom stereocenters. The monoisotopic (exact) mass is 642 g/mol. The van der Waals surface area contributed by atoms with Crippen LogP contribution in [-0.4, -0.2) is 26.4 Å². The Morgan fingerprint density at radius 3 is 0.958 bits per heavy atom. The average molecular weight is 643 g/mol. The van der Waals surface area contributed by atoms with E-state index in [1.807, 2.05) is 24.3 Å². The second-order valence-corrected chi connectivity index (χ2v) is 12.3. The van der Waals surface area contributed by atoms with E-state index in [9.17, 15) is 0 Å². The minimum Gasteiger partial charge on any atom is -0.493 e. The smallest absolute Gasteiger partial charge is 0.188 e. The zero-order chi connectivity index (χ0) is 33.9. The fourth-order valence-corrected chi connectivity index (χ4v) is 6.34. The summed E-state index contributed by atoms with van der Waals surface area (Å²) in [6.45, 7) is 26.8. The normalized spacial score (nSPS) is 12.0. The van der Waals surface area contributed by atoms with E-state index >= 15 is 0 Å². The number of hydrogen-bond acceptors (Lipinski definition) is 4. The van der Waals surface area contributed by atoms with Crippen LogP contribution < -0.4 is 18.9 Å². The van der Waals surface area contributed by atoms with Gasteiger partial charge < -0.3 is 18.9 Å². The van der Waals surface area contributed by atoms with E-state index in [4.69, 9.17) is 32.1 Å². The van der Waals surface area contributed by atoms with Gasteiger partial charge in [-0.25, -0.2) is 9.69 Å². The molecular weight excluding hydrogens is 596 g/mol. The lowest BCUT2D eigenvalue weighted by Gasteiger charge is -2.23. The van der Waals surface area contributed by atoms with Gasteiger partial charge in [0.1, 0.15) is 23.0 Å². The van der Waals surface area contributed by atoms with Gasteiger partial charge in [-0.15, -0.1) is 0 Å². The lowest BCUT2D eigenvalue weighted by Crippen LogP contribution is -2.10. The van der Waals surface area contributed by atoms with Gasteiger partial charge in [0, 0.05) is 25.7 Å². The van der Waals surface area contributed by atoms with Gasteiger partial charge in [-0.2, -0.15) is 0 Å². The summed E-state index contributed by atoms with van der Waals surface area (Å²) < 4.78 is 26.1. The van der Waals surface area contributed by atoms with Crippen molar-refractivity contribution in [3.05, 3.63) is 128 Å². The van der Waals surface area contributed by atoms with E-state index in [-0.39, 0.29) is 0 Å². The van der Waals surface area contributed by atoms with Crippen molar-refractivity contribution in [2.75, 3.05) is 26.4 Å². The highest BCUT2D eigenvalue weighted by Gasteiger charge is 2.23. The molecule has 8 bridgehead atoms. The molecule has 4 aromatic rings. The molecule has 0 saturated carbocycles. The lowest BCUT2D eigenvalue weighted by molar-refractivity contribution is 0.304. The maximum atomic E-state index is 8.00. The van der Waals surface area contributed by atoms with Crippen LogP contribution in [0, 0.1) is 13.1 Å². The molecular formula is C42H46N2O4. The van der Waals surface area contributed by atoms with Crippen molar-refractivity contribution < 1.29 is 18.9 Å². The quantitative estimate of drug-likeness (QED) is 0.127. The van der Waals surface area contributed by atoms with Crippen LogP contribution >= 0.6 is 0 Å². The van der Waals surface area contributed by atoms with Gasteiger partial charge >= 0.3 is 0 Å². The molecule has 0 spiro atoms. The lowest BCUT2D eigenvalue weighted by atomic mass is 9.90. The molecule has 1 aliphatic carbocycles. The summed E-state index contributed by atoms with van der Waals surface area (Å²) in [6.07, 6.45) is 5.69. The predicted octanol–water partition coefficient (Wildman–Crippen LogP) is 10.6. The molecule has 6 heteroatoms. The zero-order valence-corrected chi connectivity index (χ0v) is 28.8. The summed E-state index contributed by atoms with van der Waals surface area (Å²) in [5.74, 6) is 3.35. The second-order valence-electron chi connectivity index (χ2n) is 12.3.